The third-order valence-corrected chi connectivity index (χ3v) is 4.57. The number of carbonyl (C=O) groups is 1. The van der Waals surface area contributed by atoms with Crippen LogP contribution in [0.3, 0.4) is 0 Å². The molecule has 0 radical (unpaired) electrons. The van der Waals surface area contributed by atoms with Crippen molar-refractivity contribution in [3.8, 4) is 0 Å². The van der Waals surface area contributed by atoms with Crippen molar-refractivity contribution in [3.63, 3.8) is 0 Å². The Labute approximate surface area is 164 Å². The van der Waals surface area contributed by atoms with Crippen LogP contribution in [0.15, 0.2) is 65.3 Å². The molecule has 1 aromatic carbocycles. The average Bonchev–Trinajstić information content (AvgIpc) is 3.02. The molecule has 0 saturated carbocycles. The highest BCUT2D eigenvalue weighted by atomic mass is 19.1. The van der Waals surface area contributed by atoms with Crippen molar-refractivity contribution >= 4 is 11.7 Å². The number of hydrogen-bond donors (Lipinski definition) is 3. The molecule has 2 unspecified atom stereocenters. The van der Waals surface area contributed by atoms with E-state index in [4.69, 9.17) is 10.2 Å². The van der Waals surface area contributed by atoms with Gasteiger partial charge in [-0.2, -0.15) is 0 Å². The van der Waals surface area contributed by atoms with E-state index >= 15 is 0 Å². The molecule has 3 N–H and O–H groups in total. The minimum atomic E-state index is -0.596. The standard InChI is InChI=1S/C21H25FN4O2/c1-21(2,3)23-13-17-20(15-5-7-16(22)8-6-15)24-18-12-14(10-11-26(17)18)4-9-19(27)25-28/h4-12,17,20,23,28H,13H2,1-3H3,(H,25,27)/b9-4+. The minimum absolute atomic E-state index is 0.0402. The van der Waals surface area contributed by atoms with Gasteiger partial charge < -0.3 is 10.2 Å². The molecule has 2 heterocycles. The van der Waals surface area contributed by atoms with Crippen molar-refractivity contribution in [2.45, 2.75) is 38.4 Å². The van der Waals surface area contributed by atoms with Crippen molar-refractivity contribution in [2.75, 3.05) is 6.54 Å². The lowest BCUT2D eigenvalue weighted by Crippen LogP contribution is -2.47. The molecule has 2 aliphatic rings. The third-order valence-electron chi connectivity index (χ3n) is 4.57. The van der Waals surface area contributed by atoms with Crippen LogP contribution >= 0.6 is 0 Å². The Morgan fingerprint density at radius 2 is 2.04 bits per heavy atom. The van der Waals surface area contributed by atoms with Crippen molar-refractivity contribution in [2.24, 2.45) is 4.99 Å². The highest BCUT2D eigenvalue weighted by Crippen LogP contribution is 2.34. The quantitative estimate of drug-likeness (QED) is 0.415. The maximum absolute atomic E-state index is 13.4. The van der Waals surface area contributed by atoms with Gasteiger partial charge in [0.25, 0.3) is 5.91 Å². The van der Waals surface area contributed by atoms with Gasteiger partial charge in [-0.3, -0.25) is 15.0 Å². The molecule has 0 fully saturated rings. The molecule has 2 aliphatic heterocycles. The minimum Gasteiger partial charge on any atom is -0.326 e. The largest absolute Gasteiger partial charge is 0.326 e. The van der Waals surface area contributed by atoms with E-state index in [2.05, 4.69) is 31.0 Å². The van der Waals surface area contributed by atoms with Crippen LogP contribution < -0.4 is 10.8 Å². The fourth-order valence-corrected chi connectivity index (χ4v) is 3.17. The monoisotopic (exact) mass is 384 g/mol. The summed E-state index contributed by atoms with van der Waals surface area (Å²) in [5.41, 5.74) is 3.26. The lowest BCUT2D eigenvalue weighted by molar-refractivity contribution is -0.124. The first kappa shape index (κ1) is 20.0. The predicted octanol–water partition coefficient (Wildman–Crippen LogP) is 2.85. The van der Waals surface area contributed by atoms with E-state index in [0.29, 0.717) is 6.54 Å². The molecular weight excluding hydrogens is 359 g/mol. The summed E-state index contributed by atoms with van der Waals surface area (Å²) in [5, 5.41) is 12.1. The number of allylic oxidation sites excluding steroid dienone is 3. The van der Waals surface area contributed by atoms with Crippen LogP contribution in [-0.4, -0.2) is 40.0 Å². The summed E-state index contributed by atoms with van der Waals surface area (Å²) in [6, 6.07) is 6.34. The first-order valence-electron chi connectivity index (χ1n) is 9.15. The fourth-order valence-electron chi connectivity index (χ4n) is 3.17. The van der Waals surface area contributed by atoms with Crippen LogP contribution in [0.2, 0.25) is 0 Å². The summed E-state index contributed by atoms with van der Waals surface area (Å²) in [7, 11) is 0. The fraction of sp³-hybridized carbons (Fsp3) is 0.333. The predicted molar refractivity (Wildman–Crippen MR) is 106 cm³/mol. The maximum Gasteiger partial charge on any atom is 0.267 e. The Bertz CT molecular complexity index is 850. The number of amidine groups is 1. The Morgan fingerprint density at radius 3 is 2.68 bits per heavy atom. The van der Waals surface area contributed by atoms with Gasteiger partial charge in [-0.25, -0.2) is 9.87 Å². The van der Waals surface area contributed by atoms with Gasteiger partial charge in [0, 0.05) is 24.4 Å². The number of aliphatic imine (C=N–C) groups is 1. The third kappa shape index (κ3) is 4.74. The SMILES string of the molecule is CC(C)(C)NCC1C(c2ccc(F)cc2)N=C2C=C(/C=C/C(=O)NO)C=CN21. The number of nitrogens with zero attached hydrogens (tertiary/aromatic N) is 2. The van der Waals surface area contributed by atoms with Crippen molar-refractivity contribution in [1.82, 2.24) is 15.7 Å². The lowest BCUT2D eigenvalue weighted by Gasteiger charge is -2.32. The van der Waals surface area contributed by atoms with E-state index in [-0.39, 0.29) is 23.4 Å². The Morgan fingerprint density at radius 1 is 1.32 bits per heavy atom. The molecule has 1 aromatic rings. The molecule has 7 heteroatoms. The van der Waals surface area contributed by atoms with E-state index in [0.717, 1.165) is 17.0 Å². The number of carbonyl (C=O) groups excluding carboxylic acids is 1. The lowest BCUT2D eigenvalue weighted by atomic mass is 9.98. The smallest absolute Gasteiger partial charge is 0.267 e. The van der Waals surface area contributed by atoms with E-state index in [1.165, 1.54) is 18.2 Å². The van der Waals surface area contributed by atoms with Crippen LogP contribution in [0.4, 0.5) is 4.39 Å². The summed E-state index contributed by atoms with van der Waals surface area (Å²) >= 11 is 0. The Hall–Kier alpha value is -2.77. The van der Waals surface area contributed by atoms with Gasteiger partial charge in [0.1, 0.15) is 11.7 Å². The molecule has 148 valence electrons. The summed E-state index contributed by atoms with van der Waals surface area (Å²) in [6.07, 6.45) is 8.56. The van der Waals surface area contributed by atoms with E-state index in [1.807, 2.05) is 18.4 Å². The highest BCUT2D eigenvalue weighted by Gasteiger charge is 2.36. The van der Waals surface area contributed by atoms with Crippen molar-refractivity contribution in [3.05, 3.63) is 71.7 Å². The number of amides is 1. The molecule has 0 aromatic heterocycles. The Kier molecular flexibility index (Phi) is 5.76. The molecular formula is C21H25FN4O2. The van der Waals surface area contributed by atoms with Crippen LogP contribution in [0, 0.1) is 5.82 Å². The summed E-state index contributed by atoms with van der Waals surface area (Å²) in [5.74, 6) is -0.0889. The van der Waals surface area contributed by atoms with Gasteiger partial charge in [-0.1, -0.05) is 12.1 Å². The number of rotatable bonds is 5. The molecule has 1 amide bonds. The average molecular weight is 384 g/mol. The topological polar surface area (TPSA) is 77.0 Å². The zero-order valence-corrected chi connectivity index (χ0v) is 16.2. The molecule has 28 heavy (non-hydrogen) atoms. The van der Waals surface area contributed by atoms with Gasteiger partial charge >= 0.3 is 0 Å². The van der Waals surface area contributed by atoms with Crippen molar-refractivity contribution < 1.29 is 14.4 Å². The zero-order chi connectivity index (χ0) is 20.3. The van der Waals surface area contributed by atoms with E-state index < -0.39 is 5.91 Å². The van der Waals surface area contributed by atoms with E-state index in [9.17, 15) is 9.18 Å². The number of fused-ring (bicyclic) bond motifs is 1. The highest BCUT2D eigenvalue weighted by molar-refractivity contribution is 5.98. The molecule has 0 spiro atoms. The molecule has 6 nitrogen and oxygen atoms in total. The first-order chi connectivity index (χ1) is 13.3. The molecule has 0 bridgehead atoms. The number of benzene rings is 1. The summed E-state index contributed by atoms with van der Waals surface area (Å²) in [4.78, 5) is 18.2. The normalized spacial score (nSPS) is 21.5. The Balaban J connectivity index is 1.88. The van der Waals surface area contributed by atoms with Crippen LogP contribution in [0.1, 0.15) is 32.4 Å². The second-order valence-corrected chi connectivity index (χ2v) is 7.86. The van der Waals surface area contributed by atoms with Gasteiger partial charge in [-0.05, 0) is 62.3 Å². The second-order valence-electron chi connectivity index (χ2n) is 7.86. The molecule has 2 atom stereocenters. The molecule has 3 rings (SSSR count). The van der Waals surface area contributed by atoms with Gasteiger partial charge in [0.2, 0.25) is 0 Å². The molecule has 0 saturated heterocycles. The van der Waals surface area contributed by atoms with E-state index in [1.54, 1.807) is 23.7 Å². The summed E-state index contributed by atoms with van der Waals surface area (Å²) in [6.45, 7) is 7.03. The van der Waals surface area contributed by atoms with Crippen molar-refractivity contribution in [1.29, 1.82) is 0 Å². The zero-order valence-electron chi connectivity index (χ0n) is 16.2. The number of nitrogens with one attached hydrogen (secondary N) is 2. The number of halogens is 1. The maximum atomic E-state index is 13.4. The van der Waals surface area contributed by atoms with Crippen LogP contribution in [0.25, 0.3) is 0 Å². The van der Waals surface area contributed by atoms with Crippen LogP contribution in [0.5, 0.6) is 0 Å². The summed E-state index contributed by atoms with van der Waals surface area (Å²) < 4.78 is 13.4. The first-order valence-corrected chi connectivity index (χ1v) is 9.15. The van der Waals surface area contributed by atoms with Gasteiger partial charge in [-0.15, -0.1) is 0 Å². The molecule has 0 aliphatic carbocycles. The number of hydrogen-bond acceptors (Lipinski definition) is 5. The van der Waals surface area contributed by atoms with Gasteiger partial charge in [0.05, 0.1) is 12.1 Å². The number of hydroxylamine groups is 1. The van der Waals surface area contributed by atoms with Gasteiger partial charge in [0.15, 0.2) is 0 Å². The second kappa shape index (κ2) is 8.08. The van der Waals surface area contributed by atoms with Crippen LogP contribution in [-0.2, 0) is 4.79 Å².